The monoisotopic (exact) mass is 196 g/mol. The number of carbonyl (C=O) groups is 1. The number of carbonyl (C=O) groups excluding carboxylic acids is 1. The van der Waals surface area contributed by atoms with E-state index >= 15 is 0 Å². The van der Waals surface area contributed by atoms with Crippen LogP contribution >= 0.6 is 0 Å². The van der Waals surface area contributed by atoms with Crippen molar-refractivity contribution in [2.75, 3.05) is 6.54 Å². The van der Waals surface area contributed by atoms with E-state index in [4.69, 9.17) is 4.42 Å². The molecule has 1 aliphatic rings. The molecule has 0 bridgehead atoms. The maximum Gasteiger partial charge on any atom is 0.230 e. The Balaban J connectivity index is 1.80. The highest BCUT2D eigenvalue weighted by atomic mass is 16.4. The van der Waals surface area contributed by atoms with Crippen LogP contribution in [0, 0.1) is 6.92 Å². The molecule has 14 heavy (non-hydrogen) atoms. The van der Waals surface area contributed by atoms with Gasteiger partial charge in [-0.1, -0.05) is 0 Å². The Hall–Kier alpha value is -1.43. The minimum absolute atomic E-state index is 0.0872. The molecule has 6 nitrogen and oxygen atoms in total. The lowest BCUT2D eigenvalue weighted by atomic mass is 10.2. The van der Waals surface area contributed by atoms with Gasteiger partial charge in [0.25, 0.3) is 0 Å². The fourth-order valence-electron chi connectivity index (χ4n) is 1.39. The Bertz CT molecular complexity index is 336. The van der Waals surface area contributed by atoms with Crippen LogP contribution < -0.4 is 10.6 Å². The summed E-state index contributed by atoms with van der Waals surface area (Å²) in [7, 11) is 0. The van der Waals surface area contributed by atoms with Crippen LogP contribution in [0.3, 0.4) is 0 Å². The number of aryl methyl sites for hydroxylation is 1. The van der Waals surface area contributed by atoms with Crippen molar-refractivity contribution in [3.63, 3.8) is 0 Å². The van der Waals surface area contributed by atoms with Crippen LogP contribution in [0.4, 0.5) is 0 Å². The molecular weight excluding hydrogens is 184 g/mol. The molecule has 2 N–H and O–H groups in total. The number of rotatable bonds is 3. The zero-order valence-electron chi connectivity index (χ0n) is 7.91. The molecule has 1 atom stereocenters. The van der Waals surface area contributed by atoms with E-state index in [0.29, 0.717) is 31.3 Å². The lowest BCUT2D eigenvalue weighted by molar-refractivity contribution is -0.119. The second-order valence-corrected chi connectivity index (χ2v) is 3.30. The van der Waals surface area contributed by atoms with Gasteiger partial charge in [0.15, 0.2) is 0 Å². The SMILES string of the molecule is Cc1nnc(CNC2CNC(=O)C2)o1. The molecule has 1 aromatic heterocycles. The first-order chi connectivity index (χ1) is 6.74. The molecule has 0 saturated carbocycles. The summed E-state index contributed by atoms with van der Waals surface area (Å²) in [4.78, 5) is 10.9. The maximum absolute atomic E-state index is 10.9. The quantitative estimate of drug-likeness (QED) is 0.672. The van der Waals surface area contributed by atoms with E-state index in [9.17, 15) is 4.79 Å². The molecule has 6 heteroatoms. The lowest BCUT2D eigenvalue weighted by Gasteiger charge is -2.06. The van der Waals surface area contributed by atoms with E-state index in [1.54, 1.807) is 6.92 Å². The van der Waals surface area contributed by atoms with Crippen molar-refractivity contribution in [1.82, 2.24) is 20.8 Å². The predicted octanol–water partition coefficient (Wildman–Crippen LogP) is -0.644. The number of nitrogens with one attached hydrogen (secondary N) is 2. The standard InChI is InChI=1S/C8H12N4O2/c1-5-11-12-8(14-5)4-9-6-2-7(13)10-3-6/h6,9H,2-4H2,1H3,(H,10,13). The van der Waals surface area contributed by atoms with Gasteiger partial charge in [-0.3, -0.25) is 4.79 Å². The fraction of sp³-hybridized carbons (Fsp3) is 0.625. The number of aromatic nitrogens is 2. The van der Waals surface area contributed by atoms with E-state index in [1.807, 2.05) is 0 Å². The average molecular weight is 196 g/mol. The highest BCUT2D eigenvalue weighted by Gasteiger charge is 2.20. The van der Waals surface area contributed by atoms with Crippen LogP contribution in [-0.4, -0.2) is 28.7 Å². The van der Waals surface area contributed by atoms with Crippen molar-refractivity contribution >= 4 is 5.91 Å². The molecule has 1 unspecified atom stereocenters. The second-order valence-electron chi connectivity index (χ2n) is 3.30. The smallest absolute Gasteiger partial charge is 0.230 e. The zero-order valence-corrected chi connectivity index (χ0v) is 7.91. The first kappa shape index (κ1) is 9.14. The maximum atomic E-state index is 10.9. The first-order valence-corrected chi connectivity index (χ1v) is 4.53. The topological polar surface area (TPSA) is 80.0 Å². The summed E-state index contributed by atoms with van der Waals surface area (Å²) in [5.41, 5.74) is 0. The van der Waals surface area contributed by atoms with E-state index in [-0.39, 0.29) is 11.9 Å². The summed E-state index contributed by atoms with van der Waals surface area (Å²) in [6.45, 7) is 2.93. The van der Waals surface area contributed by atoms with E-state index in [2.05, 4.69) is 20.8 Å². The molecule has 0 aromatic carbocycles. The van der Waals surface area contributed by atoms with Crippen molar-refractivity contribution < 1.29 is 9.21 Å². The van der Waals surface area contributed by atoms with E-state index in [0.717, 1.165) is 0 Å². The molecule has 2 heterocycles. The predicted molar refractivity (Wildman–Crippen MR) is 47.3 cm³/mol. The summed E-state index contributed by atoms with van der Waals surface area (Å²) >= 11 is 0. The largest absolute Gasteiger partial charge is 0.424 e. The summed E-state index contributed by atoms with van der Waals surface area (Å²) < 4.78 is 5.18. The average Bonchev–Trinajstić information content (AvgIpc) is 2.72. The molecule has 0 radical (unpaired) electrons. The van der Waals surface area contributed by atoms with Gasteiger partial charge in [0, 0.05) is 25.9 Å². The molecule has 1 aliphatic heterocycles. The normalized spacial score (nSPS) is 21.2. The van der Waals surface area contributed by atoms with Crippen molar-refractivity contribution in [3.8, 4) is 0 Å². The van der Waals surface area contributed by atoms with Gasteiger partial charge >= 0.3 is 0 Å². The Morgan fingerprint density at radius 3 is 3.07 bits per heavy atom. The molecule has 1 fully saturated rings. The molecule has 2 rings (SSSR count). The molecule has 1 saturated heterocycles. The van der Waals surface area contributed by atoms with Gasteiger partial charge in [-0.15, -0.1) is 10.2 Å². The molecule has 0 spiro atoms. The van der Waals surface area contributed by atoms with Crippen LogP contribution in [0.1, 0.15) is 18.2 Å². The Labute approximate surface area is 81.1 Å². The zero-order chi connectivity index (χ0) is 9.97. The number of hydrogen-bond acceptors (Lipinski definition) is 5. The lowest BCUT2D eigenvalue weighted by Crippen LogP contribution is -2.30. The van der Waals surface area contributed by atoms with Crippen molar-refractivity contribution in [1.29, 1.82) is 0 Å². The first-order valence-electron chi connectivity index (χ1n) is 4.53. The highest BCUT2D eigenvalue weighted by molar-refractivity contribution is 5.78. The minimum atomic E-state index is 0.0872. The van der Waals surface area contributed by atoms with Gasteiger partial charge in [-0.05, 0) is 0 Å². The Morgan fingerprint density at radius 2 is 2.50 bits per heavy atom. The summed E-state index contributed by atoms with van der Waals surface area (Å²) in [6, 6.07) is 0.176. The van der Waals surface area contributed by atoms with Gasteiger partial charge in [0.1, 0.15) is 0 Å². The van der Waals surface area contributed by atoms with E-state index < -0.39 is 0 Å². The molecule has 1 amide bonds. The third kappa shape index (κ3) is 2.08. The second kappa shape index (κ2) is 3.75. The van der Waals surface area contributed by atoms with Crippen LogP contribution in [0.25, 0.3) is 0 Å². The van der Waals surface area contributed by atoms with Crippen molar-refractivity contribution in [2.24, 2.45) is 0 Å². The number of hydrogen-bond donors (Lipinski definition) is 2. The van der Waals surface area contributed by atoms with Gasteiger partial charge in [0.05, 0.1) is 6.54 Å². The fourth-order valence-corrected chi connectivity index (χ4v) is 1.39. The Morgan fingerprint density at radius 1 is 1.64 bits per heavy atom. The van der Waals surface area contributed by atoms with Gasteiger partial charge < -0.3 is 15.1 Å². The van der Waals surface area contributed by atoms with Crippen molar-refractivity contribution in [2.45, 2.75) is 25.9 Å². The summed E-state index contributed by atoms with van der Waals surface area (Å²) in [6.07, 6.45) is 0.521. The van der Waals surface area contributed by atoms with Gasteiger partial charge in [0.2, 0.25) is 17.7 Å². The summed E-state index contributed by atoms with van der Waals surface area (Å²) in [5, 5.41) is 13.5. The van der Waals surface area contributed by atoms with Crippen molar-refractivity contribution in [3.05, 3.63) is 11.8 Å². The molecule has 76 valence electrons. The van der Waals surface area contributed by atoms with Gasteiger partial charge in [-0.2, -0.15) is 0 Å². The number of nitrogens with zero attached hydrogens (tertiary/aromatic N) is 2. The van der Waals surface area contributed by atoms with Gasteiger partial charge in [-0.25, -0.2) is 0 Å². The van der Waals surface area contributed by atoms with Crippen LogP contribution in [0.5, 0.6) is 0 Å². The van der Waals surface area contributed by atoms with Crippen LogP contribution in [-0.2, 0) is 11.3 Å². The van der Waals surface area contributed by atoms with Crippen LogP contribution in [0.2, 0.25) is 0 Å². The highest BCUT2D eigenvalue weighted by Crippen LogP contribution is 2.02. The third-order valence-corrected chi connectivity index (χ3v) is 2.09. The molecule has 0 aliphatic carbocycles. The Kier molecular flexibility index (Phi) is 2.45. The van der Waals surface area contributed by atoms with E-state index in [1.165, 1.54) is 0 Å². The summed E-state index contributed by atoms with van der Waals surface area (Å²) in [5.74, 6) is 1.20. The molecule has 1 aromatic rings. The van der Waals surface area contributed by atoms with Crippen LogP contribution in [0.15, 0.2) is 4.42 Å². The third-order valence-electron chi connectivity index (χ3n) is 2.09. The molecular formula is C8H12N4O2. The number of amides is 1. The minimum Gasteiger partial charge on any atom is -0.424 e.